The molecule has 0 amide bonds. The maximum Gasteiger partial charge on any atom is 0.244 e. The van der Waals surface area contributed by atoms with Gasteiger partial charge in [0.2, 0.25) is 10.0 Å². The van der Waals surface area contributed by atoms with Gasteiger partial charge in [0.1, 0.15) is 0 Å². The zero-order chi connectivity index (χ0) is 15.3. The average Bonchev–Trinajstić information content (AvgIpc) is 2.43. The molecule has 0 spiro atoms. The molecule has 0 aromatic heterocycles. The molecular formula is C15H22N2O2S. The van der Waals surface area contributed by atoms with Crippen LogP contribution in [0.5, 0.6) is 0 Å². The summed E-state index contributed by atoms with van der Waals surface area (Å²) in [6, 6.07) is 5.12. The van der Waals surface area contributed by atoms with Crippen molar-refractivity contribution in [2.75, 3.05) is 13.6 Å². The van der Waals surface area contributed by atoms with Crippen LogP contribution in [-0.4, -0.2) is 32.4 Å². The summed E-state index contributed by atoms with van der Waals surface area (Å²) in [7, 11) is -1.94. The fourth-order valence-corrected chi connectivity index (χ4v) is 3.32. The van der Waals surface area contributed by atoms with E-state index in [1.807, 2.05) is 20.8 Å². The van der Waals surface area contributed by atoms with Gasteiger partial charge in [-0.1, -0.05) is 24.8 Å². The fourth-order valence-electron chi connectivity index (χ4n) is 1.76. The highest BCUT2D eigenvalue weighted by Gasteiger charge is 2.26. The van der Waals surface area contributed by atoms with Gasteiger partial charge in [-0.2, -0.15) is 4.31 Å². The monoisotopic (exact) mass is 294 g/mol. The molecule has 0 fully saturated rings. The number of sulfonamides is 1. The van der Waals surface area contributed by atoms with E-state index in [9.17, 15) is 8.42 Å². The molecule has 1 atom stereocenters. The third-order valence-electron chi connectivity index (χ3n) is 3.33. The molecule has 2 N–H and O–H groups in total. The predicted octanol–water partition coefficient (Wildman–Crippen LogP) is 1.72. The van der Waals surface area contributed by atoms with E-state index in [1.54, 1.807) is 25.2 Å². The van der Waals surface area contributed by atoms with Crippen LogP contribution in [0, 0.1) is 18.8 Å². The Morgan fingerprint density at radius 2 is 2.05 bits per heavy atom. The van der Waals surface area contributed by atoms with E-state index in [4.69, 9.17) is 5.73 Å². The molecule has 0 aliphatic rings. The third kappa shape index (κ3) is 3.60. The maximum atomic E-state index is 12.7. The van der Waals surface area contributed by atoms with Gasteiger partial charge in [-0.15, -0.1) is 0 Å². The molecule has 0 saturated carbocycles. The van der Waals surface area contributed by atoms with Gasteiger partial charge in [0.25, 0.3) is 0 Å². The molecule has 0 heterocycles. The normalized spacial score (nSPS) is 12.9. The first-order chi connectivity index (χ1) is 9.34. The quantitative estimate of drug-likeness (QED) is 0.860. The molecule has 1 unspecified atom stereocenters. The van der Waals surface area contributed by atoms with Gasteiger partial charge in [0.15, 0.2) is 0 Å². The zero-order valence-electron chi connectivity index (χ0n) is 12.5. The second-order valence-electron chi connectivity index (χ2n) is 4.78. The molecule has 4 nitrogen and oxygen atoms in total. The smallest absolute Gasteiger partial charge is 0.244 e. The number of rotatable bonds is 4. The molecular weight excluding hydrogens is 272 g/mol. The standard InChI is InChI=1S/C15H22N2O2S/c1-5-13(3)17(4)20(18,19)15-9-8-12(2)11-14(15)7-6-10-16/h8-9,11,13H,5,10,16H2,1-4H3. The summed E-state index contributed by atoms with van der Waals surface area (Å²) in [5, 5.41) is 0. The first-order valence-electron chi connectivity index (χ1n) is 6.62. The lowest BCUT2D eigenvalue weighted by molar-refractivity contribution is 0.380. The van der Waals surface area contributed by atoms with Crippen LogP contribution in [0.3, 0.4) is 0 Å². The maximum absolute atomic E-state index is 12.7. The van der Waals surface area contributed by atoms with E-state index in [2.05, 4.69) is 11.8 Å². The van der Waals surface area contributed by atoms with Crippen LogP contribution in [-0.2, 0) is 10.0 Å². The van der Waals surface area contributed by atoms with Gasteiger partial charge in [-0.3, -0.25) is 0 Å². The Balaban J connectivity index is 3.38. The largest absolute Gasteiger partial charge is 0.320 e. The summed E-state index contributed by atoms with van der Waals surface area (Å²) in [4.78, 5) is 0.242. The van der Waals surface area contributed by atoms with Gasteiger partial charge in [0, 0.05) is 18.7 Å². The van der Waals surface area contributed by atoms with Crippen LogP contribution < -0.4 is 5.73 Å². The summed E-state index contributed by atoms with van der Waals surface area (Å²) < 4.78 is 26.7. The van der Waals surface area contributed by atoms with Crippen LogP contribution >= 0.6 is 0 Å². The van der Waals surface area contributed by atoms with Gasteiger partial charge < -0.3 is 5.73 Å². The molecule has 0 aliphatic carbocycles. The fraction of sp³-hybridized carbons (Fsp3) is 0.467. The molecule has 0 aliphatic heterocycles. The second-order valence-corrected chi connectivity index (χ2v) is 6.75. The third-order valence-corrected chi connectivity index (χ3v) is 5.36. The van der Waals surface area contributed by atoms with Gasteiger partial charge in [0.05, 0.1) is 11.4 Å². The Hall–Kier alpha value is -1.35. The Morgan fingerprint density at radius 1 is 1.40 bits per heavy atom. The van der Waals surface area contributed by atoms with E-state index in [0.717, 1.165) is 12.0 Å². The number of aryl methyl sites for hydroxylation is 1. The number of nitrogens with zero attached hydrogens (tertiary/aromatic N) is 1. The summed E-state index contributed by atoms with van der Waals surface area (Å²) in [5.41, 5.74) is 6.84. The number of benzene rings is 1. The molecule has 0 radical (unpaired) electrons. The van der Waals surface area contributed by atoms with Crippen LogP contribution in [0.2, 0.25) is 0 Å². The molecule has 1 aromatic rings. The molecule has 1 aromatic carbocycles. The molecule has 5 heteroatoms. The van der Waals surface area contributed by atoms with Crippen LogP contribution in [0.1, 0.15) is 31.4 Å². The Morgan fingerprint density at radius 3 is 2.60 bits per heavy atom. The Bertz CT molecular complexity index is 627. The van der Waals surface area contributed by atoms with Crippen LogP contribution in [0.25, 0.3) is 0 Å². The van der Waals surface area contributed by atoms with Crippen LogP contribution in [0.15, 0.2) is 23.1 Å². The highest BCUT2D eigenvalue weighted by atomic mass is 32.2. The predicted molar refractivity (Wildman–Crippen MR) is 81.8 cm³/mol. The van der Waals surface area contributed by atoms with Crippen molar-refractivity contribution < 1.29 is 8.42 Å². The van der Waals surface area contributed by atoms with Crippen molar-refractivity contribution in [2.24, 2.45) is 5.73 Å². The van der Waals surface area contributed by atoms with E-state index >= 15 is 0 Å². The van der Waals surface area contributed by atoms with Gasteiger partial charge in [-0.25, -0.2) is 8.42 Å². The van der Waals surface area contributed by atoms with Crippen LogP contribution in [0.4, 0.5) is 0 Å². The minimum absolute atomic E-state index is 0.0587. The minimum Gasteiger partial charge on any atom is -0.320 e. The lowest BCUT2D eigenvalue weighted by Gasteiger charge is -2.23. The van der Waals surface area contributed by atoms with Crippen molar-refractivity contribution in [2.45, 2.75) is 38.1 Å². The van der Waals surface area contributed by atoms with Gasteiger partial charge in [-0.05, 0) is 38.0 Å². The summed E-state index contributed by atoms with van der Waals surface area (Å²) >= 11 is 0. The lowest BCUT2D eigenvalue weighted by atomic mass is 10.1. The SMILES string of the molecule is CCC(C)N(C)S(=O)(=O)c1ccc(C)cc1C#CCN. The summed E-state index contributed by atoms with van der Waals surface area (Å²) in [5.74, 6) is 5.57. The first-order valence-corrected chi connectivity index (χ1v) is 8.06. The van der Waals surface area contributed by atoms with Crippen molar-refractivity contribution in [3.8, 4) is 11.8 Å². The van der Waals surface area contributed by atoms with Crippen molar-refractivity contribution in [1.82, 2.24) is 4.31 Å². The molecule has 0 bridgehead atoms. The molecule has 0 saturated heterocycles. The number of hydrogen-bond acceptors (Lipinski definition) is 3. The van der Waals surface area contributed by atoms with Crippen molar-refractivity contribution >= 4 is 10.0 Å². The van der Waals surface area contributed by atoms with Gasteiger partial charge >= 0.3 is 0 Å². The topological polar surface area (TPSA) is 63.4 Å². The molecule has 110 valence electrons. The van der Waals surface area contributed by atoms with E-state index < -0.39 is 10.0 Å². The van der Waals surface area contributed by atoms with Crippen molar-refractivity contribution in [3.63, 3.8) is 0 Å². The summed E-state index contributed by atoms with van der Waals surface area (Å²) in [6.45, 7) is 5.95. The Kier molecular flexibility index (Phi) is 5.75. The Labute approximate surface area is 122 Å². The van der Waals surface area contributed by atoms with Crippen molar-refractivity contribution in [1.29, 1.82) is 0 Å². The van der Waals surface area contributed by atoms with E-state index in [-0.39, 0.29) is 17.5 Å². The molecule has 1 rings (SSSR count). The zero-order valence-corrected chi connectivity index (χ0v) is 13.3. The molecule has 20 heavy (non-hydrogen) atoms. The van der Waals surface area contributed by atoms with E-state index in [0.29, 0.717) is 5.56 Å². The second kappa shape index (κ2) is 6.89. The van der Waals surface area contributed by atoms with E-state index in [1.165, 1.54) is 4.31 Å². The van der Waals surface area contributed by atoms with Crippen molar-refractivity contribution in [3.05, 3.63) is 29.3 Å². The first kappa shape index (κ1) is 16.7. The highest BCUT2D eigenvalue weighted by Crippen LogP contribution is 2.22. The minimum atomic E-state index is -3.54. The average molecular weight is 294 g/mol. The number of hydrogen-bond donors (Lipinski definition) is 1. The highest BCUT2D eigenvalue weighted by molar-refractivity contribution is 7.89. The summed E-state index contributed by atoms with van der Waals surface area (Å²) in [6.07, 6.45) is 0.755. The number of nitrogens with two attached hydrogens (primary N) is 1. The lowest BCUT2D eigenvalue weighted by Crippen LogP contribution is -2.35.